The van der Waals surface area contributed by atoms with Gasteiger partial charge in [-0.2, -0.15) is 0 Å². The minimum Gasteiger partial charge on any atom is -0.356 e. The van der Waals surface area contributed by atoms with E-state index in [2.05, 4.69) is 19.2 Å². The molecule has 0 radical (unpaired) electrons. The highest BCUT2D eigenvalue weighted by molar-refractivity contribution is 5.75. The zero-order valence-electron chi connectivity index (χ0n) is 8.24. The lowest BCUT2D eigenvalue weighted by Gasteiger charge is -1.97. The van der Waals surface area contributed by atoms with E-state index in [1.807, 2.05) is 13.8 Å². The lowest BCUT2D eigenvalue weighted by molar-refractivity contribution is -0.120. The Balaban J connectivity index is -0.000000177. The van der Waals surface area contributed by atoms with Gasteiger partial charge in [0.15, 0.2) is 0 Å². The van der Waals surface area contributed by atoms with Crippen molar-refractivity contribution in [3.63, 3.8) is 0 Å². The molecule has 0 heterocycles. The Hall–Kier alpha value is -0.530. The Morgan fingerprint density at radius 2 is 1.73 bits per heavy atom. The van der Waals surface area contributed by atoms with Crippen molar-refractivity contribution in [2.45, 2.75) is 47.0 Å². The number of hydrogen-bond donors (Lipinski definition) is 1. The lowest BCUT2D eigenvalue weighted by Crippen LogP contribution is -2.22. The van der Waals surface area contributed by atoms with Gasteiger partial charge in [0.2, 0.25) is 5.91 Å². The van der Waals surface area contributed by atoms with Gasteiger partial charge in [-0.3, -0.25) is 4.79 Å². The van der Waals surface area contributed by atoms with Crippen LogP contribution < -0.4 is 5.32 Å². The highest BCUT2D eigenvalue weighted by Gasteiger charge is 1.90. The first-order valence-corrected chi connectivity index (χ1v) is 4.49. The largest absolute Gasteiger partial charge is 0.356 e. The quantitative estimate of drug-likeness (QED) is 0.677. The number of nitrogens with one attached hydrogen (secondary N) is 1. The van der Waals surface area contributed by atoms with Gasteiger partial charge in [0.05, 0.1) is 0 Å². The van der Waals surface area contributed by atoms with Crippen LogP contribution in [0.3, 0.4) is 0 Å². The molecule has 0 saturated carbocycles. The van der Waals surface area contributed by atoms with E-state index in [0.717, 1.165) is 13.0 Å². The van der Waals surface area contributed by atoms with Crippen molar-refractivity contribution in [1.29, 1.82) is 0 Å². The van der Waals surface area contributed by atoms with Gasteiger partial charge in [0.25, 0.3) is 0 Å². The van der Waals surface area contributed by atoms with E-state index in [0.29, 0.717) is 6.42 Å². The van der Waals surface area contributed by atoms with Crippen molar-refractivity contribution in [2.24, 2.45) is 0 Å². The first-order valence-electron chi connectivity index (χ1n) is 4.49. The number of amides is 1. The predicted octanol–water partition coefficient (Wildman–Crippen LogP) is 2.58. The highest BCUT2D eigenvalue weighted by Crippen LogP contribution is 1.75. The van der Waals surface area contributed by atoms with Gasteiger partial charge in [0.1, 0.15) is 0 Å². The van der Waals surface area contributed by atoms with Crippen LogP contribution in [0.2, 0.25) is 0 Å². The molecule has 0 spiro atoms. The van der Waals surface area contributed by atoms with E-state index in [-0.39, 0.29) is 7.33 Å². The van der Waals surface area contributed by atoms with Gasteiger partial charge in [-0.15, -0.1) is 0 Å². The average molecular weight is 161 g/mol. The summed E-state index contributed by atoms with van der Waals surface area (Å²) < 4.78 is 0. The first-order chi connectivity index (χ1) is 5.22. The molecule has 0 aromatic rings. The summed E-state index contributed by atoms with van der Waals surface area (Å²) in [7, 11) is 0. The van der Waals surface area contributed by atoms with Crippen LogP contribution in [0.5, 0.6) is 0 Å². The molecule has 70 valence electrons. The molecule has 0 aliphatic carbocycles. The molecule has 0 bridgehead atoms. The van der Waals surface area contributed by atoms with Crippen molar-refractivity contribution >= 4 is 5.91 Å². The van der Waals surface area contributed by atoms with Crippen LogP contribution in [0, 0.1) is 0 Å². The van der Waals surface area contributed by atoms with E-state index in [9.17, 15) is 4.79 Å². The van der Waals surface area contributed by atoms with Crippen molar-refractivity contribution in [1.82, 2.24) is 5.32 Å². The minimum atomic E-state index is 0. The molecule has 0 aliphatic heterocycles. The molecule has 0 unspecified atom stereocenters. The second-order valence-corrected chi connectivity index (χ2v) is 2.41. The Morgan fingerprint density at radius 3 is 2.00 bits per heavy atom. The predicted molar refractivity (Wildman–Crippen MR) is 51.7 cm³/mol. The summed E-state index contributed by atoms with van der Waals surface area (Å²) in [5.74, 6) is 0.145. The SMILES string of the molecule is CCC.CCCNC(=O)CC.[HH]. The van der Waals surface area contributed by atoms with Gasteiger partial charge in [-0.25, -0.2) is 0 Å². The van der Waals surface area contributed by atoms with Crippen LogP contribution in [-0.2, 0) is 4.79 Å². The molecule has 0 rings (SSSR count). The minimum absolute atomic E-state index is 0. The molecule has 0 atom stereocenters. The first kappa shape index (κ1) is 13.1. The van der Waals surface area contributed by atoms with E-state index >= 15 is 0 Å². The lowest BCUT2D eigenvalue weighted by atomic mass is 10.4. The van der Waals surface area contributed by atoms with Gasteiger partial charge >= 0.3 is 0 Å². The highest BCUT2D eigenvalue weighted by atomic mass is 16.1. The van der Waals surface area contributed by atoms with Crippen LogP contribution in [0.4, 0.5) is 0 Å². The van der Waals surface area contributed by atoms with Crippen molar-refractivity contribution in [2.75, 3.05) is 6.54 Å². The van der Waals surface area contributed by atoms with Crippen LogP contribution in [-0.4, -0.2) is 12.5 Å². The number of rotatable bonds is 3. The van der Waals surface area contributed by atoms with Crippen molar-refractivity contribution < 1.29 is 6.22 Å². The fourth-order valence-corrected chi connectivity index (χ4v) is 0.389. The molecule has 2 heteroatoms. The molecule has 0 aromatic heterocycles. The van der Waals surface area contributed by atoms with Gasteiger partial charge in [-0.05, 0) is 6.42 Å². The maximum Gasteiger partial charge on any atom is 0.219 e. The van der Waals surface area contributed by atoms with Crippen LogP contribution in [0.25, 0.3) is 0 Å². The molecule has 0 aromatic carbocycles. The van der Waals surface area contributed by atoms with Gasteiger partial charge < -0.3 is 5.32 Å². The maximum atomic E-state index is 10.5. The second-order valence-electron chi connectivity index (χ2n) is 2.41. The average Bonchev–Trinajstić information content (AvgIpc) is 2.02. The zero-order valence-corrected chi connectivity index (χ0v) is 8.24. The smallest absolute Gasteiger partial charge is 0.219 e. The standard InChI is InChI=1S/C6H13NO.C3H8.H2/c1-3-5-7-6(8)4-2;1-3-2;/h3-5H2,1-2H3,(H,7,8);3H2,1-2H3;1H. The fourth-order valence-electron chi connectivity index (χ4n) is 0.389. The molecule has 0 saturated heterocycles. The summed E-state index contributed by atoms with van der Waals surface area (Å²) in [5.41, 5.74) is 0. The summed E-state index contributed by atoms with van der Waals surface area (Å²) in [6.45, 7) is 8.95. The number of carbonyl (C=O) groups excluding carboxylic acids is 1. The van der Waals surface area contributed by atoms with Crippen LogP contribution in [0.15, 0.2) is 0 Å². The summed E-state index contributed by atoms with van der Waals surface area (Å²) >= 11 is 0. The molecule has 0 aliphatic rings. The fraction of sp³-hybridized carbons (Fsp3) is 0.889. The van der Waals surface area contributed by atoms with E-state index in [1.165, 1.54) is 6.42 Å². The van der Waals surface area contributed by atoms with Gasteiger partial charge in [-0.1, -0.05) is 34.1 Å². The van der Waals surface area contributed by atoms with E-state index < -0.39 is 0 Å². The third-order valence-corrected chi connectivity index (χ3v) is 0.893. The van der Waals surface area contributed by atoms with Gasteiger partial charge in [0, 0.05) is 14.4 Å². The van der Waals surface area contributed by atoms with E-state index in [4.69, 9.17) is 0 Å². The summed E-state index contributed by atoms with van der Waals surface area (Å²) in [5, 5.41) is 2.74. The van der Waals surface area contributed by atoms with Crippen LogP contribution >= 0.6 is 0 Å². The normalized spacial score (nSPS) is 8.00. The van der Waals surface area contributed by atoms with Crippen LogP contribution in [0.1, 0.15) is 48.4 Å². The maximum absolute atomic E-state index is 10.5. The summed E-state index contributed by atoms with van der Waals surface area (Å²) in [6, 6.07) is 0. The molecule has 1 N–H and O–H groups in total. The third-order valence-electron chi connectivity index (χ3n) is 0.893. The third kappa shape index (κ3) is 17.7. The number of hydrogen-bond acceptors (Lipinski definition) is 1. The monoisotopic (exact) mass is 161 g/mol. The second kappa shape index (κ2) is 12.2. The molecular formula is C9H23NO. The summed E-state index contributed by atoms with van der Waals surface area (Å²) in [6.07, 6.45) is 2.87. The Bertz CT molecular complexity index is 86.6. The van der Waals surface area contributed by atoms with Crippen molar-refractivity contribution in [3.05, 3.63) is 0 Å². The van der Waals surface area contributed by atoms with Crippen molar-refractivity contribution in [3.8, 4) is 0 Å². The molecule has 2 nitrogen and oxygen atoms in total. The topological polar surface area (TPSA) is 29.1 Å². The summed E-state index contributed by atoms with van der Waals surface area (Å²) in [4.78, 5) is 10.5. The molecule has 1 amide bonds. The number of carbonyl (C=O) groups is 1. The molecule has 0 fully saturated rings. The molecular weight excluding hydrogens is 138 g/mol. The Kier molecular flexibility index (Phi) is 14.5. The Morgan fingerprint density at radius 1 is 1.27 bits per heavy atom. The molecule has 11 heavy (non-hydrogen) atoms. The Labute approximate surface area is 71.9 Å². The zero-order chi connectivity index (χ0) is 9.11. The van der Waals surface area contributed by atoms with E-state index in [1.54, 1.807) is 0 Å².